The molecule has 1 saturated heterocycles. The van der Waals surface area contributed by atoms with Gasteiger partial charge in [0.05, 0.1) is 5.56 Å². The average molecular weight is 453 g/mol. The Hall–Kier alpha value is -4.09. The van der Waals surface area contributed by atoms with Crippen molar-refractivity contribution in [3.05, 3.63) is 72.1 Å². The fourth-order valence-corrected chi connectivity index (χ4v) is 4.65. The first kappa shape index (κ1) is 21.7. The summed E-state index contributed by atoms with van der Waals surface area (Å²) < 4.78 is 5.64. The van der Waals surface area contributed by atoms with Crippen molar-refractivity contribution in [1.29, 1.82) is 5.26 Å². The van der Waals surface area contributed by atoms with E-state index in [1.807, 2.05) is 6.07 Å². The SMILES string of the molecule is C[C@@H]1C[C@H](N)CN(c2ccncc2CC(=O)c2ccc3occ(-c4cncc(C#N)c4)c3n2)C1. The lowest BCUT2D eigenvalue weighted by molar-refractivity contribution is 0.0988. The summed E-state index contributed by atoms with van der Waals surface area (Å²) in [6, 6.07) is 9.29. The number of aromatic nitrogens is 3. The molecule has 0 unspecified atom stereocenters. The van der Waals surface area contributed by atoms with Gasteiger partial charge in [-0.1, -0.05) is 6.92 Å². The fraction of sp³-hybridized carbons (Fsp3) is 0.269. The molecule has 0 bridgehead atoms. The molecule has 0 aliphatic carbocycles. The minimum atomic E-state index is -0.110. The molecule has 1 aliphatic rings. The van der Waals surface area contributed by atoms with E-state index in [2.05, 4.69) is 32.8 Å². The first-order valence-corrected chi connectivity index (χ1v) is 11.2. The van der Waals surface area contributed by atoms with Crippen LogP contribution in [0.5, 0.6) is 0 Å². The van der Waals surface area contributed by atoms with Gasteiger partial charge in [0.2, 0.25) is 0 Å². The number of carbonyl (C=O) groups excluding carboxylic acids is 1. The quantitative estimate of drug-likeness (QED) is 0.454. The van der Waals surface area contributed by atoms with Crippen molar-refractivity contribution < 1.29 is 9.21 Å². The summed E-state index contributed by atoms with van der Waals surface area (Å²) in [5, 5.41) is 9.19. The second-order valence-corrected chi connectivity index (χ2v) is 8.88. The van der Waals surface area contributed by atoms with Crippen molar-refractivity contribution in [2.75, 3.05) is 18.0 Å². The zero-order valence-corrected chi connectivity index (χ0v) is 18.8. The van der Waals surface area contributed by atoms with Crippen LogP contribution in [0.3, 0.4) is 0 Å². The van der Waals surface area contributed by atoms with Crippen LogP contribution in [0.4, 0.5) is 5.69 Å². The van der Waals surface area contributed by atoms with E-state index in [1.165, 1.54) is 6.20 Å². The predicted molar refractivity (Wildman–Crippen MR) is 128 cm³/mol. The Labute approximate surface area is 197 Å². The molecule has 5 heterocycles. The van der Waals surface area contributed by atoms with Gasteiger partial charge in [-0.2, -0.15) is 5.26 Å². The summed E-state index contributed by atoms with van der Waals surface area (Å²) in [5.41, 5.74) is 11.4. The molecule has 2 N–H and O–H groups in total. The summed E-state index contributed by atoms with van der Waals surface area (Å²) >= 11 is 0. The first-order valence-electron chi connectivity index (χ1n) is 11.2. The highest BCUT2D eigenvalue weighted by atomic mass is 16.3. The number of fused-ring (bicyclic) bond motifs is 1. The highest BCUT2D eigenvalue weighted by Gasteiger charge is 2.25. The number of hydrogen-bond donors (Lipinski definition) is 1. The van der Waals surface area contributed by atoms with Crippen LogP contribution >= 0.6 is 0 Å². The molecule has 0 saturated carbocycles. The molecule has 8 heteroatoms. The smallest absolute Gasteiger partial charge is 0.185 e. The number of piperidine rings is 1. The van der Waals surface area contributed by atoms with Crippen LogP contribution in [0.2, 0.25) is 0 Å². The zero-order valence-electron chi connectivity index (χ0n) is 18.8. The molecule has 0 radical (unpaired) electrons. The monoisotopic (exact) mass is 452 g/mol. The standard InChI is InChI=1S/C26H24N6O2/c1-16-6-20(28)14-32(13-16)23-4-5-29-12-19(23)8-24(33)22-2-3-25-26(31-22)21(15-34-25)18-7-17(9-27)10-30-11-18/h2-5,7,10-12,15-16,20H,6,8,13-14,28H2,1H3/t16-,20+/m1/s1. The minimum Gasteiger partial charge on any atom is -0.462 e. The third-order valence-electron chi connectivity index (χ3n) is 6.14. The molecule has 4 aromatic rings. The number of rotatable bonds is 5. The number of Topliss-reactive ketones (excluding diaryl/α,β-unsaturated/α-hetero) is 1. The molecule has 8 nitrogen and oxygen atoms in total. The molecule has 5 rings (SSSR count). The second-order valence-electron chi connectivity index (χ2n) is 8.88. The molecule has 170 valence electrons. The molecule has 1 aliphatic heterocycles. The lowest BCUT2D eigenvalue weighted by Gasteiger charge is -2.37. The Morgan fingerprint density at radius 3 is 2.94 bits per heavy atom. The van der Waals surface area contributed by atoms with E-state index < -0.39 is 0 Å². The number of furan rings is 1. The highest BCUT2D eigenvalue weighted by molar-refractivity contribution is 6.00. The maximum atomic E-state index is 13.3. The van der Waals surface area contributed by atoms with E-state index in [4.69, 9.17) is 10.2 Å². The normalized spacial score (nSPS) is 18.1. The number of anilines is 1. The largest absolute Gasteiger partial charge is 0.462 e. The van der Waals surface area contributed by atoms with E-state index >= 15 is 0 Å². The van der Waals surface area contributed by atoms with Crippen molar-refractivity contribution in [3.63, 3.8) is 0 Å². The van der Waals surface area contributed by atoms with Gasteiger partial charge in [-0.3, -0.25) is 14.8 Å². The van der Waals surface area contributed by atoms with E-state index in [1.54, 1.807) is 43.1 Å². The number of pyridine rings is 3. The maximum absolute atomic E-state index is 13.3. The van der Waals surface area contributed by atoms with Gasteiger partial charge in [0, 0.05) is 72.7 Å². The molecule has 0 spiro atoms. The minimum absolute atomic E-state index is 0.109. The maximum Gasteiger partial charge on any atom is 0.185 e. The van der Waals surface area contributed by atoms with Crippen LogP contribution in [0.1, 0.15) is 35.0 Å². The van der Waals surface area contributed by atoms with Gasteiger partial charge in [0.15, 0.2) is 11.4 Å². The Bertz CT molecular complexity index is 1400. The number of nitrogens with zero attached hydrogens (tertiary/aromatic N) is 5. The number of nitriles is 1. The highest BCUT2D eigenvalue weighted by Crippen LogP contribution is 2.30. The summed E-state index contributed by atoms with van der Waals surface area (Å²) in [4.78, 5) is 28.5. The second kappa shape index (κ2) is 9.04. The first-order chi connectivity index (χ1) is 16.5. The van der Waals surface area contributed by atoms with Crippen LogP contribution in [0.15, 0.2) is 59.7 Å². The van der Waals surface area contributed by atoms with Crippen molar-refractivity contribution in [2.24, 2.45) is 11.7 Å². The summed E-state index contributed by atoms with van der Waals surface area (Å²) in [7, 11) is 0. The number of carbonyl (C=O) groups is 1. The van der Waals surface area contributed by atoms with Crippen LogP contribution in [-0.4, -0.2) is 39.9 Å². The molecule has 2 atom stereocenters. The van der Waals surface area contributed by atoms with Crippen LogP contribution < -0.4 is 10.6 Å². The molecular weight excluding hydrogens is 428 g/mol. The topological polar surface area (TPSA) is 122 Å². The zero-order chi connectivity index (χ0) is 23.7. The molecule has 1 fully saturated rings. The Kier molecular flexibility index (Phi) is 5.78. The Morgan fingerprint density at radius 1 is 1.24 bits per heavy atom. The lowest BCUT2D eigenvalue weighted by atomic mass is 9.95. The molecule has 0 aromatic carbocycles. The van der Waals surface area contributed by atoms with Gasteiger partial charge in [0.1, 0.15) is 23.5 Å². The van der Waals surface area contributed by atoms with Crippen molar-refractivity contribution in [1.82, 2.24) is 15.0 Å². The summed E-state index contributed by atoms with van der Waals surface area (Å²) in [6.07, 6.45) is 9.39. The van der Waals surface area contributed by atoms with Crippen molar-refractivity contribution >= 4 is 22.6 Å². The predicted octanol–water partition coefficient (Wildman–Crippen LogP) is 3.76. The molecule has 0 amide bonds. The van der Waals surface area contributed by atoms with Gasteiger partial charge in [0.25, 0.3) is 0 Å². The van der Waals surface area contributed by atoms with Crippen molar-refractivity contribution in [2.45, 2.75) is 25.8 Å². The number of nitrogens with two attached hydrogens (primary N) is 1. The van der Waals surface area contributed by atoms with E-state index in [0.29, 0.717) is 39.4 Å². The third-order valence-corrected chi connectivity index (χ3v) is 6.14. The Morgan fingerprint density at radius 2 is 2.12 bits per heavy atom. The van der Waals surface area contributed by atoms with Crippen LogP contribution in [-0.2, 0) is 6.42 Å². The third kappa shape index (κ3) is 4.26. The van der Waals surface area contributed by atoms with Gasteiger partial charge >= 0.3 is 0 Å². The molecule has 34 heavy (non-hydrogen) atoms. The Balaban J connectivity index is 1.45. The summed E-state index contributed by atoms with van der Waals surface area (Å²) in [6.45, 7) is 3.85. The van der Waals surface area contributed by atoms with Gasteiger partial charge < -0.3 is 15.1 Å². The summed E-state index contributed by atoms with van der Waals surface area (Å²) in [5.74, 6) is 0.375. The van der Waals surface area contributed by atoms with E-state index in [9.17, 15) is 10.1 Å². The van der Waals surface area contributed by atoms with Crippen molar-refractivity contribution in [3.8, 4) is 17.2 Å². The van der Waals surface area contributed by atoms with Gasteiger partial charge in [-0.25, -0.2) is 4.98 Å². The molecular formula is C26H24N6O2. The van der Waals surface area contributed by atoms with Crippen LogP contribution in [0, 0.1) is 17.2 Å². The van der Waals surface area contributed by atoms with Crippen LogP contribution in [0.25, 0.3) is 22.2 Å². The lowest BCUT2D eigenvalue weighted by Crippen LogP contribution is -2.46. The van der Waals surface area contributed by atoms with E-state index in [0.717, 1.165) is 30.8 Å². The van der Waals surface area contributed by atoms with Gasteiger partial charge in [-0.05, 0) is 36.6 Å². The average Bonchev–Trinajstić information content (AvgIpc) is 3.27. The molecule has 4 aromatic heterocycles. The number of hydrogen-bond acceptors (Lipinski definition) is 8. The fourth-order valence-electron chi connectivity index (χ4n) is 4.65. The van der Waals surface area contributed by atoms with Gasteiger partial charge in [-0.15, -0.1) is 0 Å². The van der Waals surface area contributed by atoms with E-state index in [-0.39, 0.29) is 18.2 Å². The number of ketones is 1.